The zero-order valence-corrected chi connectivity index (χ0v) is 22.8. The van der Waals surface area contributed by atoms with Crippen LogP contribution in [0.3, 0.4) is 0 Å². The first-order valence-electron chi connectivity index (χ1n) is 14.6. The van der Waals surface area contributed by atoms with Crippen molar-refractivity contribution in [2.75, 3.05) is 13.2 Å². The molecule has 35 heavy (non-hydrogen) atoms. The van der Waals surface area contributed by atoms with Crippen LogP contribution < -0.4 is 0 Å². The van der Waals surface area contributed by atoms with Crippen molar-refractivity contribution in [3.63, 3.8) is 0 Å². The molecule has 9 atom stereocenters. The zero-order chi connectivity index (χ0) is 24.8. The number of carbonyl (C=O) groups excluding carboxylic acids is 1. The van der Waals surface area contributed by atoms with Crippen LogP contribution in [-0.2, 0) is 19.0 Å². The van der Waals surface area contributed by atoms with Gasteiger partial charge in [-0.25, -0.2) is 4.79 Å². The molecular formula is C31H48O4. The van der Waals surface area contributed by atoms with Gasteiger partial charge in [0, 0.05) is 18.9 Å². The van der Waals surface area contributed by atoms with Gasteiger partial charge in [-0.1, -0.05) is 51.8 Å². The van der Waals surface area contributed by atoms with Gasteiger partial charge in [-0.15, -0.1) is 0 Å². The lowest BCUT2D eigenvalue weighted by molar-refractivity contribution is -0.195. The molecule has 4 heteroatoms. The molecule has 0 bridgehead atoms. The zero-order valence-electron chi connectivity index (χ0n) is 22.8. The third-order valence-corrected chi connectivity index (χ3v) is 11.2. The first-order valence-corrected chi connectivity index (χ1v) is 14.6. The Morgan fingerprint density at radius 2 is 2.00 bits per heavy atom. The summed E-state index contributed by atoms with van der Waals surface area (Å²) in [5, 5.41) is 0. The minimum Gasteiger partial charge on any atom is -0.463 e. The first kappa shape index (κ1) is 25.5. The van der Waals surface area contributed by atoms with Crippen molar-refractivity contribution < 1.29 is 19.0 Å². The lowest BCUT2D eigenvalue weighted by Crippen LogP contribution is -2.52. The number of fused-ring (bicyclic) bond motifs is 5. The van der Waals surface area contributed by atoms with Crippen LogP contribution in [-0.4, -0.2) is 31.1 Å². The molecule has 4 nitrogen and oxygen atoms in total. The fourth-order valence-corrected chi connectivity index (χ4v) is 9.37. The Hall–Kier alpha value is -1.13. The van der Waals surface area contributed by atoms with Gasteiger partial charge in [0.1, 0.15) is 0 Å². The fraction of sp³-hybridized carbons (Fsp3) is 0.839. The van der Waals surface area contributed by atoms with Crippen molar-refractivity contribution in [1.29, 1.82) is 0 Å². The van der Waals surface area contributed by atoms with E-state index in [1.54, 1.807) is 11.6 Å². The summed E-state index contributed by atoms with van der Waals surface area (Å²) in [6.07, 6.45) is 18.7. The van der Waals surface area contributed by atoms with Crippen molar-refractivity contribution in [3.05, 3.63) is 23.8 Å². The molecule has 4 aliphatic carbocycles. The molecule has 5 aliphatic rings. The Bertz CT molecular complexity index is 862. The number of ether oxygens (including phenoxy) is 3. The highest BCUT2D eigenvalue weighted by Gasteiger charge is 2.60. The van der Waals surface area contributed by atoms with Crippen LogP contribution in [0, 0.1) is 40.4 Å². The quantitative estimate of drug-likeness (QED) is 0.227. The third-order valence-electron chi connectivity index (χ3n) is 11.2. The van der Waals surface area contributed by atoms with Crippen molar-refractivity contribution in [1.82, 2.24) is 0 Å². The number of esters is 1. The van der Waals surface area contributed by atoms with E-state index < -0.39 is 0 Å². The van der Waals surface area contributed by atoms with Gasteiger partial charge in [-0.3, -0.25) is 0 Å². The van der Waals surface area contributed by atoms with E-state index >= 15 is 0 Å². The summed E-state index contributed by atoms with van der Waals surface area (Å²) in [5.74, 6) is 2.90. The molecule has 1 saturated heterocycles. The molecule has 1 heterocycles. The van der Waals surface area contributed by atoms with Gasteiger partial charge in [-0.05, 0) is 92.3 Å². The van der Waals surface area contributed by atoms with Crippen molar-refractivity contribution >= 4 is 5.97 Å². The van der Waals surface area contributed by atoms with Gasteiger partial charge in [0.15, 0.2) is 5.79 Å². The molecule has 0 amide bonds. The van der Waals surface area contributed by atoms with Crippen molar-refractivity contribution in [2.24, 2.45) is 40.4 Å². The van der Waals surface area contributed by atoms with E-state index in [2.05, 4.69) is 39.8 Å². The highest BCUT2D eigenvalue weighted by atomic mass is 16.7. The monoisotopic (exact) mass is 484 g/mol. The summed E-state index contributed by atoms with van der Waals surface area (Å²) >= 11 is 0. The summed E-state index contributed by atoms with van der Waals surface area (Å²) in [7, 11) is 0. The fourth-order valence-electron chi connectivity index (χ4n) is 9.37. The number of carbonyl (C=O) groups is 1. The molecule has 5 rings (SSSR count). The minimum atomic E-state index is -0.347. The smallest absolute Gasteiger partial charge is 0.330 e. The molecule has 0 aromatic heterocycles. The Labute approximate surface area is 213 Å². The number of hydrogen-bond acceptors (Lipinski definition) is 4. The summed E-state index contributed by atoms with van der Waals surface area (Å²) in [4.78, 5) is 11.9. The maximum atomic E-state index is 11.9. The van der Waals surface area contributed by atoms with Gasteiger partial charge in [-0.2, -0.15) is 0 Å². The molecule has 0 N–H and O–H groups in total. The highest BCUT2D eigenvalue weighted by Crippen LogP contribution is 2.68. The second-order valence-electron chi connectivity index (χ2n) is 12.9. The Kier molecular flexibility index (Phi) is 7.02. The summed E-state index contributed by atoms with van der Waals surface area (Å²) in [6.45, 7) is 12.8. The highest BCUT2D eigenvalue weighted by molar-refractivity contribution is 5.81. The summed E-state index contributed by atoms with van der Waals surface area (Å²) in [5.41, 5.74) is 2.31. The van der Waals surface area contributed by atoms with E-state index in [1.807, 2.05) is 6.92 Å². The number of allylic oxidation sites excluding steroid dienone is 2. The van der Waals surface area contributed by atoms with E-state index in [4.69, 9.17) is 14.2 Å². The second-order valence-corrected chi connectivity index (χ2v) is 12.9. The molecule has 4 fully saturated rings. The molecule has 0 aromatic carbocycles. The van der Waals surface area contributed by atoms with Gasteiger partial charge >= 0.3 is 5.97 Å². The van der Waals surface area contributed by atoms with Crippen LogP contribution in [0.4, 0.5) is 0 Å². The van der Waals surface area contributed by atoms with Crippen molar-refractivity contribution in [3.8, 4) is 0 Å². The first-order chi connectivity index (χ1) is 16.7. The Morgan fingerprint density at radius 1 is 1.17 bits per heavy atom. The predicted octanol–water partition coefficient (Wildman–Crippen LogP) is 7.23. The Morgan fingerprint density at radius 3 is 2.77 bits per heavy atom. The van der Waals surface area contributed by atoms with E-state index in [9.17, 15) is 4.79 Å². The molecule has 6 unspecified atom stereocenters. The van der Waals surface area contributed by atoms with E-state index in [1.165, 1.54) is 38.5 Å². The maximum Gasteiger partial charge on any atom is 0.330 e. The van der Waals surface area contributed by atoms with Crippen LogP contribution in [0.25, 0.3) is 0 Å². The summed E-state index contributed by atoms with van der Waals surface area (Å²) < 4.78 is 18.0. The van der Waals surface area contributed by atoms with E-state index in [0.717, 1.165) is 50.0 Å². The second kappa shape index (κ2) is 9.63. The van der Waals surface area contributed by atoms with Crippen LogP contribution in [0.5, 0.6) is 0 Å². The largest absolute Gasteiger partial charge is 0.463 e. The van der Waals surface area contributed by atoms with Gasteiger partial charge < -0.3 is 14.2 Å². The lowest BCUT2D eigenvalue weighted by Gasteiger charge is -2.59. The number of rotatable bonds is 6. The number of hydrogen-bond donors (Lipinski definition) is 0. The summed E-state index contributed by atoms with van der Waals surface area (Å²) in [6, 6.07) is 0. The van der Waals surface area contributed by atoms with Gasteiger partial charge in [0.25, 0.3) is 0 Å². The molecule has 1 aliphatic heterocycles. The molecule has 1 spiro atoms. The van der Waals surface area contributed by atoms with E-state index in [-0.39, 0.29) is 17.9 Å². The predicted molar refractivity (Wildman–Crippen MR) is 139 cm³/mol. The Balaban J connectivity index is 1.30. The molecule has 196 valence electrons. The van der Waals surface area contributed by atoms with Crippen LogP contribution in [0.15, 0.2) is 23.8 Å². The van der Waals surface area contributed by atoms with Gasteiger partial charge in [0.2, 0.25) is 0 Å². The van der Waals surface area contributed by atoms with Crippen molar-refractivity contribution in [2.45, 2.75) is 111 Å². The van der Waals surface area contributed by atoms with Crippen LogP contribution >= 0.6 is 0 Å². The minimum absolute atomic E-state index is 0.202. The maximum absolute atomic E-state index is 11.9. The van der Waals surface area contributed by atoms with Crippen LogP contribution in [0.1, 0.15) is 98.8 Å². The standard InChI is InChI=1S/C31H48O4/c1-6-8-23-20-34-31(35-23)18-17-29(4)22(19-31)10-11-24-26-13-12-25(30(26,5)16-15-27(24)29)21(3)9-14-28(32)33-7-2/h9-10,14,21,23-27H,6-8,11-13,15-20H2,1-5H3/b14-9+/t21-,23?,24?,25?,26?,27?,29+,30-,31?/m1/s1. The SMILES string of the molecule is CCCC1COC2(CC[C@@]3(C)C(=CCC4C5CCC([C@H](C)/C=C/C(=O)OCC)[C@@]5(C)CCC43)C2)O1. The molecule has 0 radical (unpaired) electrons. The molecular weight excluding hydrogens is 436 g/mol. The molecule has 0 aromatic rings. The normalized spacial score (nSPS) is 45.6. The third kappa shape index (κ3) is 4.35. The topological polar surface area (TPSA) is 44.8 Å². The van der Waals surface area contributed by atoms with Crippen LogP contribution in [0.2, 0.25) is 0 Å². The lowest BCUT2D eigenvalue weighted by atomic mass is 9.46. The van der Waals surface area contributed by atoms with Gasteiger partial charge in [0.05, 0.1) is 19.3 Å². The molecule has 3 saturated carbocycles. The average Bonchev–Trinajstić information content (AvgIpc) is 3.39. The average molecular weight is 485 g/mol. The van der Waals surface area contributed by atoms with E-state index in [0.29, 0.717) is 29.3 Å².